The van der Waals surface area contributed by atoms with Gasteiger partial charge >= 0.3 is 12.2 Å². The predicted octanol–water partition coefficient (Wildman–Crippen LogP) is 2.22. The molecule has 0 aliphatic rings. The quantitative estimate of drug-likeness (QED) is 0.893. The minimum absolute atomic E-state index is 0.0785. The Hall–Kier alpha value is -2.78. The van der Waals surface area contributed by atoms with Crippen LogP contribution in [0.3, 0.4) is 0 Å². The Balaban J connectivity index is 2.01. The van der Waals surface area contributed by atoms with Crippen LogP contribution in [0, 0.1) is 0 Å². The van der Waals surface area contributed by atoms with Crippen LogP contribution < -0.4 is 15.5 Å². The Morgan fingerprint density at radius 2 is 2.08 bits per heavy atom. The van der Waals surface area contributed by atoms with Crippen molar-refractivity contribution in [1.82, 2.24) is 20.1 Å². The van der Waals surface area contributed by atoms with E-state index in [-0.39, 0.29) is 6.54 Å². The van der Waals surface area contributed by atoms with Crippen LogP contribution in [0.15, 0.2) is 24.5 Å². The van der Waals surface area contributed by atoms with Gasteiger partial charge in [0.15, 0.2) is 5.69 Å². The summed E-state index contributed by atoms with van der Waals surface area (Å²) < 4.78 is 39.4. The molecule has 24 heavy (non-hydrogen) atoms. The zero-order valence-electron chi connectivity index (χ0n) is 13.3. The number of nitrogens with one attached hydrogen (secondary N) is 2. The molecule has 2 amide bonds. The minimum Gasteiger partial charge on any atom is -0.378 e. The number of nitrogens with zero attached hydrogens (tertiary/aromatic N) is 4. The molecule has 0 atom stereocenters. The lowest BCUT2D eigenvalue weighted by atomic mass is 10.3. The third-order valence-corrected chi connectivity index (χ3v) is 3.09. The smallest absolute Gasteiger partial charge is 0.378 e. The number of alkyl halides is 3. The third-order valence-electron chi connectivity index (χ3n) is 3.09. The molecule has 2 N–H and O–H groups in total. The molecule has 0 aromatic carbocycles. The molecule has 0 aliphatic carbocycles. The fourth-order valence-electron chi connectivity index (χ4n) is 1.97. The van der Waals surface area contributed by atoms with Gasteiger partial charge in [0.05, 0.1) is 17.9 Å². The number of hydrogen-bond acceptors (Lipinski definition) is 4. The van der Waals surface area contributed by atoms with Crippen molar-refractivity contribution in [1.29, 1.82) is 0 Å². The lowest BCUT2D eigenvalue weighted by Gasteiger charge is -2.13. The van der Waals surface area contributed by atoms with Gasteiger partial charge in [-0.2, -0.15) is 18.3 Å². The molecule has 130 valence electrons. The zero-order chi connectivity index (χ0) is 17.9. The summed E-state index contributed by atoms with van der Waals surface area (Å²) in [5.74, 6) is 0. The molecule has 2 rings (SSSR count). The first-order valence-corrected chi connectivity index (χ1v) is 6.95. The van der Waals surface area contributed by atoms with Crippen LogP contribution in [0.2, 0.25) is 0 Å². The fourth-order valence-corrected chi connectivity index (χ4v) is 1.97. The largest absolute Gasteiger partial charge is 0.437 e. The molecule has 2 heterocycles. The molecule has 0 spiro atoms. The summed E-state index contributed by atoms with van der Waals surface area (Å²) >= 11 is 0. The Morgan fingerprint density at radius 1 is 1.38 bits per heavy atom. The highest BCUT2D eigenvalue weighted by Gasteiger charge is 2.37. The van der Waals surface area contributed by atoms with Crippen molar-refractivity contribution in [2.24, 2.45) is 7.05 Å². The molecule has 7 nitrogen and oxygen atoms in total. The van der Waals surface area contributed by atoms with E-state index in [1.807, 2.05) is 19.0 Å². The molecule has 0 unspecified atom stereocenters. The van der Waals surface area contributed by atoms with Crippen LogP contribution in [-0.4, -0.2) is 34.9 Å². The lowest BCUT2D eigenvalue weighted by molar-refractivity contribution is -0.140. The second-order valence-electron chi connectivity index (χ2n) is 5.27. The Kier molecular flexibility index (Phi) is 4.96. The zero-order valence-corrected chi connectivity index (χ0v) is 13.3. The summed E-state index contributed by atoms with van der Waals surface area (Å²) in [6, 6.07) is 2.80. The van der Waals surface area contributed by atoms with Crippen molar-refractivity contribution in [3.63, 3.8) is 0 Å². The number of carbonyl (C=O) groups excluding carboxylic acids is 1. The summed E-state index contributed by atoms with van der Waals surface area (Å²) in [5.41, 5.74) is -0.0715. The van der Waals surface area contributed by atoms with Crippen molar-refractivity contribution in [3.05, 3.63) is 35.9 Å². The van der Waals surface area contributed by atoms with E-state index in [0.717, 1.165) is 16.6 Å². The van der Waals surface area contributed by atoms with Crippen molar-refractivity contribution in [3.8, 4) is 0 Å². The number of pyridine rings is 1. The lowest BCUT2D eigenvalue weighted by Crippen LogP contribution is -2.29. The van der Waals surface area contributed by atoms with Crippen LogP contribution in [0.1, 0.15) is 11.4 Å². The summed E-state index contributed by atoms with van der Waals surface area (Å²) in [5, 5.41) is 7.94. The van der Waals surface area contributed by atoms with E-state index in [0.29, 0.717) is 5.69 Å². The first-order valence-electron chi connectivity index (χ1n) is 6.95. The number of aromatic nitrogens is 3. The van der Waals surface area contributed by atoms with E-state index in [9.17, 15) is 18.0 Å². The van der Waals surface area contributed by atoms with Crippen molar-refractivity contribution >= 4 is 17.4 Å². The summed E-state index contributed by atoms with van der Waals surface area (Å²) in [4.78, 5) is 17.8. The number of aryl methyl sites for hydroxylation is 1. The van der Waals surface area contributed by atoms with Gasteiger partial charge in [0.1, 0.15) is 0 Å². The number of rotatable bonds is 4. The molecular formula is C14H17F3N6O. The van der Waals surface area contributed by atoms with Gasteiger partial charge in [-0.1, -0.05) is 0 Å². The van der Waals surface area contributed by atoms with Gasteiger partial charge in [-0.3, -0.25) is 9.67 Å². The molecule has 10 heteroatoms. The van der Waals surface area contributed by atoms with E-state index >= 15 is 0 Å². The maximum absolute atomic E-state index is 12.8. The third kappa shape index (κ3) is 4.37. The molecule has 0 aliphatic heterocycles. The average molecular weight is 342 g/mol. The molecule has 0 bridgehead atoms. The second kappa shape index (κ2) is 6.77. The molecule has 2 aromatic heterocycles. The van der Waals surface area contributed by atoms with E-state index in [2.05, 4.69) is 20.7 Å². The number of urea groups is 1. The van der Waals surface area contributed by atoms with Gasteiger partial charge in [0.25, 0.3) is 0 Å². The highest BCUT2D eigenvalue weighted by molar-refractivity contribution is 5.89. The summed E-state index contributed by atoms with van der Waals surface area (Å²) in [6.45, 7) is 0.0785. The van der Waals surface area contributed by atoms with Crippen LogP contribution >= 0.6 is 0 Å². The molecule has 0 saturated heterocycles. The average Bonchev–Trinajstić information content (AvgIpc) is 2.86. The van der Waals surface area contributed by atoms with Gasteiger partial charge in [-0.05, 0) is 12.1 Å². The highest BCUT2D eigenvalue weighted by atomic mass is 19.4. The molecule has 2 aromatic rings. The number of halogens is 3. The van der Waals surface area contributed by atoms with Gasteiger partial charge in [-0.25, -0.2) is 4.79 Å². The van der Waals surface area contributed by atoms with Gasteiger partial charge in [-0.15, -0.1) is 0 Å². The van der Waals surface area contributed by atoms with Crippen LogP contribution in [0.5, 0.6) is 0 Å². The van der Waals surface area contributed by atoms with Crippen LogP contribution in [0.4, 0.5) is 29.3 Å². The summed E-state index contributed by atoms with van der Waals surface area (Å²) in [7, 11) is 5.07. The van der Waals surface area contributed by atoms with Crippen LogP contribution in [0.25, 0.3) is 0 Å². The maximum atomic E-state index is 12.8. The van der Waals surface area contributed by atoms with Gasteiger partial charge < -0.3 is 15.5 Å². The van der Waals surface area contributed by atoms with Crippen molar-refractivity contribution in [2.75, 3.05) is 24.3 Å². The SMILES string of the molecule is CN(C)c1ccnc(CNC(=O)Nc2cn(C)nc2C(F)(F)F)c1. The van der Waals surface area contributed by atoms with Crippen molar-refractivity contribution in [2.45, 2.75) is 12.7 Å². The predicted molar refractivity (Wildman–Crippen MR) is 82.6 cm³/mol. The number of hydrogen-bond donors (Lipinski definition) is 2. The van der Waals surface area contributed by atoms with Gasteiger partial charge in [0, 0.05) is 39.2 Å². The standard InChI is InChI=1S/C14H17F3N6O/c1-22(2)10-4-5-18-9(6-10)7-19-13(24)20-11-8-23(3)21-12(11)14(15,16)17/h4-6,8H,7H2,1-3H3,(H2,19,20,24). The topological polar surface area (TPSA) is 75.1 Å². The maximum Gasteiger partial charge on any atom is 0.437 e. The van der Waals surface area contributed by atoms with E-state index in [1.165, 1.54) is 7.05 Å². The Bertz CT molecular complexity index is 726. The Labute approximate surface area is 136 Å². The number of anilines is 2. The molecule has 0 fully saturated rings. The second-order valence-corrected chi connectivity index (χ2v) is 5.27. The highest BCUT2D eigenvalue weighted by Crippen LogP contribution is 2.33. The van der Waals surface area contributed by atoms with E-state index in [4.69, 9.17) is 0 Å². The monoisotopic (exact) mass is 342 g/mol. The number of amides is 2. The molecular weight excluding hydrogens is 325 g/mol. The van der Waals surface area contributed by atoms with E-state index < -0.39 is 23.6 Å². The summed E-state index contributed by atoms with van der Waals surface area (Å²) in [6.07, 6.45) is -1.97. The fraction of sp³-hybridized carbons (Fsp3) is 0.357. The van der Waals surface area contributed by atoms with Crippen molar-refractivity contribution < 1.29 is 18.0 Å². The minimum atomic E-state index is -4.65. The number of carbonyl (C=O) groups is 1. The van der Waals surface area contributed by atoms with Crippen LogP contribution in [-0.2, 0) is 19.8 Å². The first-order chi connectivity index (χ1) is 11.2. The first kappa shape index (κ1) is 17.6. The normalized spacial score (nSPS) is 11.2. The van der Waals surface area contributed by atoms with Gasteiger partial charge in [0.2, 0.25) is 0 Å². The molecule has 0 radical (unpaired) electrons. The molecule has 0 saturated carbocycles. The van der Waals surface area contributed by atoms with E-state index in [1.54, 1.807) is 18.3 Å². The Morgan fingerprint density at radius 3 is 2.71 bits per heavy atom.